The second-order valence-corrected chi connectivity index (χ2v) is 3.39. The number of benzene rings is 1. The van der Waals surface area contributed by atoms with E-state index < -0.39 is 5.91 Å². The summed E-state index contributed by atoms with van der Waals surface area (Å²) in [6.45, 7) is 0.516. The van der Waals surface area contributed by atoms with Crippen molar-refractivity contribution in [3.8, 4) is 11.5 Å². The Morgan fingerprint density at radius 1 is 1.25 bits per heavy atom. The average molecular weight is 225 g/mol. The minimum atomic E-state index is -0.439. The molecule has 0 bridgehead atoms. The van der Waals surface area contributed by atoms with E-state index in [0.717, 1.165) is 0 Å². The first-order chi connectivity index (χ1) is 7.65. The van der Waals surface area contributed by atoms with Gasteiger partial charge in [0.15, 0.2) is 0 Å². The van der Waals surface area contributed by atoms with Crippen LogP contribution in [0, 0.1) is 0 Å². The zero-order chi connectivity index (χ0) is 12.0. The molecule has 0 radical (unpaired) electrons. The molecule has 1 aromatic rings. The third-order valence-corrected chi connectivity index (χ3v) is 2.10. The molecule has 1 aromatic carbocycles. The first-order valence-electron chi connectivity index (χ1n) is 5.06. The summed E-state index contributed by atoms with van der Waals surface area (Å²) in [7, 11) is 0. The molecular weight excluding hydrogens is 210 g/mol. The molecule has 0 atom stereocenters. The summed E-state index contributed by atoms with van der Waals surface area (Å²) >= 11 is 0. The molecule has 1 rings (SSSR count). The highest BCUT2D eigenvalue weighted by molar-refractivity contribution is 5.97. The summed E-state index contributed by atoms with van der Waals surface area (Å²) in [4.78, 5) is 11.5. The molecule has 0 aliphatic carbocycles. The molecule has 0 heterocycles. The monoisotopic (exact) mass is 225 g/mol. The molecular formula is C11H15NO4. The molecule has 5 nitrogen and oxygen atoms in total. The molecule has 4 N–H and O–H groups in total. The van der Waals surface area contributed by atoms with Gasteiger partial charge in [-0.3, -0.25) is 4.79 Å². The Balaban J connectivity index is 2.55. The molecule has 88 valence electrons. The van der Waals surface area contributed by atoms with E-state index in [9.17, 15) is 15.0 Å². The van der Waals surface area contributed by atoms with Gasteiger partial charge in [0.05, 0.1) is 5.56 Å². The standard InChI is InChI=1S/C11H15NO4/c13-6-2-1-5-12-11(16)9-7-8(14)3-4-10(9)15/h3-4,7,13-15H,1-2,5-6H2,(H,12,16). The molecule has 0 spiro atoms. The third-order valence-electron chi connectivity index (χ3n) is 2.10. The van der Waals surface area contributed by atoms with Crippen molar-refractivity contribution in [3.05, 3.63) is 23.8 Å². The maximum Gasteiger partial charge on any atom is 0.255 e. The third kappa shape index (κ3) is 3.43. The minimum Gasteiger partial charge on any atom is -0.508 e. The van der Waals surface area contributed by atoms with E-state index in [0.29, 0.717) is 19.4 Å². The topological polar surface area (TPSA) is 89.8 Å². The summed E-state index contributed by atoms with van der Waals surface area (Å²) in [5.41, 5.74) is 0.0454. The van der Waals surface area contributed by atoms with Crippen LogP contribution in [0.4, 0.5) is 0 Å². The number of phenolic OH excluding ortho intramolecular Hbond substituents is 2. The zero-order valence-electron chi connectivity index (χ0n) is 8.81. The highest BCUT2D eigenvalue weighted by Crippen LogP contribution is 2.21. The van der Waals surface area contributed by atoms with E-state index in [1.165, 1.54) is 18.2 Å². The molecule has 0 saturated heterocycles. The Bertz CT molecular complexity index is 365. The fraction of sp³-hybridized carbons (Fsp3) is 0.364. The van der Waals surface area contributed by atoms with E-state index in [-0.39, 0.29) is 23.7 Å². The number of carbonyl (C=O) groups is 1. The number of amides is 1. The van der Waals surface area contributed by atoms with Gasteiger partial charge in [0.1, 0.15) is 11.5 Å². The van der Waals surface area contributed by atoms with Gasteiger partial charge in [0, 0.05) is 13.2 Å². The van der Waals surface area contributed by atoms with Crippen LogP contribution in [0.15, 0.2) is 18.2 Å². The predicted octanol–water partition coefficient (Wildman–Crippen LogP) is 0.600. The smallest absolute Gasteiger partial charge is 0.255 e. The largest absolute Gasteiger partial charge is 0.508 e. The number of hydrogen-bond donors (Lipinski definition) is 4. The van der Waals surface area contributed by atoms with Gasteiger partial charge in [0.2, 0.25) is 0 Å². The van der Waals surface area contributed by atoms with Gasteiger partial charge in [-0.15, -0.1) is 0 Å². The number of aromatic hydroxyl groups is 2. The summed E-state index contributed by atoms with van der Waals surface area (Å²) in [6.07, 6.45) is 1.29. The highest BCUT2D eigenvalue weighted by atomic mass is 16.3. The van der Waals surface area contributed by atoms with E-state index >= 15 is 0 Å². The number of aliphatic hydroxyl groups is 1. The van der Waals surface area contributed by atoms with Gasteiger partial charge < -0.3 is 20.6 Å². The predicted molar refractivity (Wildman–Crippen MR) is 58.4 cm³/mol. The Labute approximate surface area is 93.4 Å². The molecule has 0 aliphatic rings. The normalized spacial score (nSPS) is 10.1. The second-order valence-electron chi connectivity index (χ2n) is 3.39. The lowest BCUT2D eigenvalue weighted by Gasteiger charge is -2.06. The molecule has 1 amide bonds. The molecule has 0 unspecified atom stereocenters. The first-order valence-corrected chi connectivity index (χ1v) is 5.06. The van der Waals surface area contributed by atoms with Gasteiger partial charge in [-0.2, -0.15) is 0 Å². The van der Waals surface area contributed by atoms with Crippen molar-refractivity contribution in [1.29, 1.82) is 0 Å². The second kappa shape index (κ2) is 5.97. The van der Waals surface area contributed by atoms with Crippen molar-refractivity contribution < 1.29 is 20.1 Å². The maximum absolute atomic E-state index is 11.5. The molecule has 16 heavy (non-hydrogen) atoms. The number of nitrogens with one attached hydrogen (secondary N) is 1. The van der Waals surface area contributed by atoms with Crippen LogP contribution in [0.25, 0.3) is 0 Å². The highest BCUT2D eigenvalue weighted by Gasteiger charge is 2.10. The molecule has 0 aliphatic heterocycles. The van der Waals surface area contributed by atoms with Crippen LogP contribution >= 0.6 is 0 Å². The number of rotatable bonds is 5. The summed E-state index contributed by atoms with van der Waals surface area (Å²) in [6, 6.07) is 3.77. The SMILES string of the molecule is O=C(NCCCCO)c1cc(O)ccc1O. The average Bonchev–Trinajstić information content (AvgIpc) is 2.27. The number of phenols is 2. The number of aliphatic hydroxyl groups excluding tert-OH is 1. The molecule has 0 saturated carbocycles. The Hall–Kier alpha value is -1.75. The van der Waals surface area contributed by atoms with Crippen molar-refractivity contribution in [2.24, 2.45) is 0 Å². The van der Waals surface area contributed by atoms with Crippen molar-refractivity contribution in [2.45, 2.75) is 12.8 Å². The van der Waals surface area contributed by atoms with Crippen LogP contribution in [0.3, 0.4) is 0 Å². The van der Waals surface area contributed by atoms with Crippen LogP contribution in [0.2, 0.25) is 0 Å². The number of unbranched alkanes of at least 4 members (excludes halogenated alkanes) is 1. The fourth-order valence-electron chi connectivity index (χ4n) is 1.24. The van der Waals surface area contributed by atoms with E-state index in [2.05, 4.69) is 5.32 Å². The lowest BCUT2D eigenvalue weighted by atomic mass is 10.1. The van der Waals surface area contributed by atoms with Crippen molar-refractivity contribution in [3.63, 3.8) is 0 Å². The van der Waals surface area contributed by atoms with Crippen molar-refractivity contribution in [1.82, 2.24) is 5.32 Å². The van der Waals surface area contributed by atoms with Crippen LogP contribution < -0.4 is 5.32 Å². The van der Waals surface area contributed by atoms with Crippen LogP contribution in [-0.2, 0) is 0 Å². The number of carbonyl (C=O) groups excluding carboxylic acids is 1. The summed E-state index contributed by atoms with van der Waals surface area (Å²) in [5, 5.41) is 29.7. The first kappa shape index (κ1) is 12.3. The van der Waals surface area contributed by atoms with Gasteiger partial charge in [0.25, 0.3) is 5.91 Å². The molecule has 0 fully saturated rings. The van der Waals surface area contributed by atoms with E-state index in [4.69, 9.17) is 5.11 Å². The Kier molecular flexibility index (Phi) is 4.60. The van der Waals surface area contributed by atoms with Gasteiger partial charge in [-0.05, 0) is 31.0 Å². The summed E-state index contributed by atoms with van der Waals surface area (Å²) in [5.74, 6) is -0.679. The minimum absolute atomic E-state index is 0.0454. The van der Waals surface area contributed by atoms with Gasteiger partial charge in [-0.1, -0.05) is 0 Å². The van der Waals surface area contributed by atoms with E-state index in [1.54, 1.807) is 0 Å². The Morgan fingerprint density at radius 2 is 2.00 bits per heavy atom. The maximum atomic E-state index is 11.5. The van der Waals surface area contributed by atoms with Crippen LogP contribution in [0.5, 0.6) is 11.5 Å². The van der Waals surface area contributed by atoms with Crippen molar-refractivity contribution >= 4 is 5.91 Å². The molecule has 0 aromatic heterocycles. The lowest BCUT2D eigenvalue weighted by molar-refractivity contribution is 0.0949. The lowest BCUT2D eigenvalue weighted by Crippen LogP contribution is -2.24. The van der Waals surface area contributed by atoms with E-state index in [1.807, 2.05) is 0 Å². The summed E-state index contributed by atoms with van der Waals surface area (Å²) < 4.78 is 0. The van der Waals surface area contributed by atoms with Gasteiger partial charge >= 0.3 is 0 Å². The molecule has 5 heteroatoms. The van der Waals surface area contributed by atoms with Gasteiger partial charge in [-0.25, -0.2) is 0 Å². The zero-order valence-corrected chi connectivity index (χ0v) is 8.81. The van der Waals surface area contributed by atoms with Crippen LogP contribution in [-0.4, -0.2) is 34.4 Å². The van der Waals surface area contributed by atoms with Crippen LogP contribution in [0.1, 0.15) is 23.2 Å². The quantitative estimate of drug-likeness (QED) is 0.436. The Morgan fingerprint density at radius 3 is 2.69 bits per heavy atom. The fourth-order valence-corrected chi connectivity index (χ4v) is 1.24. The van der Waals surface area contributed by atoms with Crippen molar-refractivity contribution in [2.75, 3.05) is 13.2 Å². The number of hydrogen-bond acceptors (Lipinski definition) is 4.